The molecule has 0 aliphatic heterocycles. The third kappa shape index (κ3) is 3.10. The number of rotatable bonds is 4. The van der Waals surface area contributed by atoms with Gasteiger partial charge in [-0.1, -0.05) is 30.9 Å². The van der Waals surface area contributed by atoms with Crippen LogP contribution in [0, 0.1) is 11.8 Å². The van der Waals surface area contributed by atoms with Crippen molar-refractivity contribution in [2.45, 2.75) is 0 Å². The van der Waals surface area contributed by atoms with E-state index in [-0.39, 0.29) is 5.57 Å². The fourth-order valence-electron chi connectivity index (χ4n) is 2.06. The minimum Gasteiger partial charge on any atom is -0.361 e. The van der Waals surface area contributed by atoms with E-state index in [2.05, 4.69) is 16.2 Å². The van der Waals surface area contributed by atoms with Gasteiger partial charge in [0.2, 0.25) is 0 Å². The van der Waals surface area contributed by atoms with Gasteiger partial charge in [-0.3, -0.25) is 9.59 Å². The second-order valence-corrected chi connectivity index (χ2v) is 4.74. The number of nitrogens with zero attached hydrogens (tertiary/aromatic N) is 4. The van der Waals surface area contributed by atoms with Gasteiger partial charge in [0.25, 0.3) is 0 Å². The molecule has 6 nitrogen and oxygen atoms in total. The van der Waals surface area contributed by atoms with Crippen molar-refractivity contribution in [2.24, 2.45) is 11.8 Å². The zero-order valence-corrected chi connectivity index (χ0v) is 11.6. The Morgan fingerprint density at radius 2 is 1.14 bits per heavy atom. The van der Waals surface area contributed by atoms with Gasteiger partial charge in [-0.05, 0) is 0 Å². The van der Waals surface area contributed by atoms with Crippen LogP contribution in [0.1, 0.15) is 0 Å². The Hall–Kier alpha value is -3.20. The molecule has 2 rings (SSSR count). The van der Waals surface area contributed by atoms with Gasteiger partial charge in [-0.25, -0.2) is 0 Å². The molecule has 2 aliphatic carbocycles. The van der Waals surface area contributed by atoms with Gasteiger partial charge in [0, 0.05) is 24.3 Å². The van der Waals surface area contributed by atoms with Crippen molar-refractivity contribution in [3.8, 4) is 0 Å². The Morgan fingerprint density at radius 1 is 0.818 bits per heavy atom. The summed E-state index contributed by atoms with van der Waals surface area (Å²) in [4.78, 5) is 30.5. The quantitative estimate of drug-likeness (QED) is 0.257. The van der Waals surface area contributed by atoms with E-state index in [9.17, 15) is 9.59 Å². The second-order valence-electron chi connectivity index (χ2n) is 4.74. The Labute approximate surface area is 126 Å². The molecule has 0 bridgehead atoms. The van der Waals surface area contributed by atoms with Crippen molar-refractivity contribution in [2.75, 3.05) is 0 Å². The van der Waals surface area contributed by atoms with Crippen LogP contribution in [0.25, 0.3) is 11.1 Å². The van der Waals surface area contributed by atoms with E-state index < -0.39 is 23.4 Å². The zero-order valence-electron chi connectivity index (χ0n) is 11.6. The molecular formula is C16H12N4O2. The average molecular weight is 292 g/mol. The molecule has 0 fully saturated rings. The molecule has 2 aliphatic rings. The zero-order chi connectivity index (χ0) is 16.1. The molecular weight excluding hydrogens is 280 g/mol. The van der Waals surface area contributed by atoms with Gasteiger partial charge in [0.15, 0.2) is 11.6 Å². The lowest BCUT2D eigenvalue weighted by atomic mass is 9.87. The number of hydrogen-bond acceptors (Lipinski definition) is 2. The molecule has 0 atom stereocenters. The van der Waals surface area contributed by atoms with Crippen LogP contribution in [0.4, 0.5) is 0 Å². The molecule has 0 saturated heterocycles. The molecule has 0 heterocycles. The third-order valence-electron chi connectivity index (χ3n) is 3.33. The molecule has 22 heavy (non-hydrogen) atoms. The summed E-state index contributed by atoms with van der Waals surface area (Å²) in [5.41, 5.74) is 17.8. The second kappa shape index (κ2) is 6.50. The molecule has 0 aromatic carbocycles. The Morgan fingerprint density at radius 3 is 1.41 bits per heavy atom. The van der Waals surface area contributed by atoms with Crippen molar-refractivity contribution in [3.05, 3.63) is 71.8 Å². The van der Waals surface area contributed by atoms with Crippen LogP contribution < -0.4 is 0 Å². The Kier molecular flexibility index (Phi) is 4.49. The van der Waals surface area contributed by atoms with Crippen LogP contribution in [-0.2, 0) is 9.59 Å². The normalized spacial score (nSPS) is 22.2. The van der Waals surface area contributed by atoms with Crippen LogP contribution in [0.5, 0.6) is 0 Å². The van der Waals surface area contributed by atoms with Crippen molar-refractivity contribution in [3.63, 3.8) is 0 Å². The average Bonchev–Trinajstić information content (AvgIpc) is 2.60. The first-order valence-electron chi connectivity index (χ1n) is 6.51. The lowest BCUT2D eigenvalue weighted by Crippen LogP contribution is -2.24. The van der Waals surface area contributed by atoms with E-state index in [0.717, 1.165) is 0 Å². The minimum atomic E-state index is -0.604. The highest BCUT2D eigenvalue weighted by molar-refractivity contribution is 6.23. The largest absolute Gasteiger partial charge is 0.361 e. The fraction of sp³-hybridized carbons (Fsp3) is 0.125. The van der Waals surface area contributed by atoms with Gasteiger partial charge < -0.3 is 11.1 Å². The van der Waals surface area contributed by atoms with Gasteiger partial charge in [0.1, 0.15) is 0 Å². The highest BCUT2D eigenvalue weighted by atomic mass is 16.1. The van der Waals surface area contributed by atoms with Gasteiger partial charge in [-0.2, -0.15) is 9.58 Å². The van der Waals surface area contributed by atoms with E-state index >= 15 is 0 Å². The molecule has 0 aromatic rings. The Balaban J connectivity index is 2.09. The van der Waals surface area contributed by atoms with Crippen molar-refractivity contribution >= 4 is 23.0 Å². The maximum atomic E-state index is 12.3. The SMILES string of the molecule is C=C(C(=O)C1C=CC(=[N+]=[N-])C=C1)C(=O)C1C=CC(=[N+]=[N-])C=C1. The lowest BCUT2D eigenvalue weighted by Gasteiger charge is -2.13. The number of Topliss-reactive ketones (excluding diaryl/α,β-unsaturated/α-hetero) is 2. The highest BCUT2D eigenvalue weighted by Gasteiger charge is 2.27. The summed E-state index contributed by atoms with van der Waals surface area (Å²) < 4.78 is 0. The smallest absolute Gasteiger partial charge is 0.314 e. The monoisotopic (exact) mass is 292 g/mol. The maximum Gasteiger partial charge on any atom is 0.314 e. The van der Waals surface area contributed by atoms with E-state index in [0.29, 0.717) is 11.4 Å². The van der Waals surface area contributed by atoms with Crippen molar-refractivity contribution < 1.29 is 19.2 Å². The van der Waals surface area contributed by atoms with Crippen LogP contribution in [0.2, 0.25) is 0 Å². The van der Waals surface area contributed by atoms with Crippen LogP contribution >= 0.6 is 0 Å². The molecule has 0 radical (unpaired) electrons. The number of ketones is 2. The first-order valence-corrected chi connectivity index (χ1v) is 6.51. The number of hydrogen-bond donors (Lipinski definition) is 0. The van der Waals surface area contributed by atoms with Gasteiger partial charge in [-0.15, -0.1) is 0 Å². The molecule has 108 valence electrons. The molecule has 0 unspecified atom stereocenters. The number of carbonyl (C=O) groups excluding carboxylic acids is 2. The van der Waals surface area contributed by atoms with Crippen LogP contribution in [0.3, 0.4) is 0 Å². The summed E-state index contributed by atoms with van der Waals surface area (Å²) in [6.07, 6.45) is 12.1. The van der Waals surface area contributed by atoms with Crippen molar-refractivity contribution in [1.82, 2.24) is 0 Å². The predicted octanol–water partition coefficient (Wildman–Crippen LogP) is 1.51. The van der Waals surface area contributed by atoms with Crippen LogP contribution in [0.15, 0.2) is 60.8 Å². The number of carbonyl (C=O) groups is 2. The maximum absolute atomic E-state index is 12.3. The first-order chi connectivity index (χ1) is 10.6. The predicted molar refractivity (Wildman–Crippen MR) is 79.9 cm³/mol. The standard InChI is InChI=1S/C16H12N4O2/c1-10(15(21)11-2-6-13(19-17)7-3-11)16(22)12-4-8-14(20-18)9-5-12/h2-9,11-12H,1H2. The summed E-state index contributed by atoms with van der Waals surface area (Å²) in [5.74, 6) is -2.02. The van der Waals surface area contributed by atoms with Gasteiger partial charge in [0.05, 0.1) is 17.4 Å². The molecule has 0 N–H and O–H groups in total. The topological polar surface area (TPSA) is 107 Å². The van der Waals surface area contributed by atoms with Crippen molar-refractivity contribution in [1.29, 1.82) is 0 Å². The Bertz CT molecular complexity index is 674. The van der Waals surface area contributed by atoms with E-state index in [1.807, 2.05) is 0 Å². The summed E-state index contributed by atoms with van der Waals surface area (Å²) >= 11 is 0. The number of allylic oxidation sites excluding steroid dienone is 9. The molecule has 0 spiro atoms. The first kappa shape index (κ1) is 15.2. The molecule has 6 heteroatoms. The summed E-state index contributed by atoms with van der Waals surface area (Å²) in [6, 6.07) is 0. The highest BCUT2D eigenvalue weighted by Crippen LogP contribution is 2.19. The van der Waals surface area contributed by atoms with E-state index in [1.165, 1.54) is 24.3 Å². The van der Waals surface area contributed by atoms with Gasteiger partial charge >= 0.3 is 11.4 Å². The summed E-state index contributed by atoms with van der Waals surface area (Å²) in [7, 11) is 0. The summed E-state index contributed by atoms with van der Waals surface area (Å²) in [5, 5.41) is 0. The minimum absolute atomic E-state index is 0.104. The van der Waals surface area contributed by atoms with E-state index in [1.54, 1.807) is 24.3 Å². The summed E-state index contributed by atoms with van der Waals surface area (Å²) in [6.45, 7) is 3.59. The fourth-order valence-corrected chi connectivity index (χ4v) is 2.06. The molecule has 0 aromatic heterocycles. The molecule has 0 amide bonds. The van der Waals surface area contributed by atoms with E-state index in [4.69, 9.17) is 11.1 Å². The lowest BCUT2D eigenvalue weighted by molar-refractivity contribution is -0.122. The van der Waals surface area contributed by atoms with Crippen LogP contribution in [-0.4, -0.2) is 32.6 Å². The molecule has 0 saturated carbocycles. The third-order valence-corrected chi connectivity index (χ3v) is 3.33.